The summed E-state index contributed by atoms with van der Waals surface area (Å²) in [6, 6.07) is 0. The van der Waals surface area contributed by atoms with E-state index in [-0.39, 0.29) is 0 Å². The van der Waals surface area contributed by atoms with Crippen LogP contribution in [0.3, 0.4) is 0 Å². The van der Waals surface area contributed by atoms with E-state index >= 15 is 0 Å². The molecule has 2 aromatic rings. The smallest absolute Gasteiger partial charge is 0.191 e. The maximum absolute atomic E-state index is 4.56. The number of hydrogen-bond acceptors (Lipinski definition) is 5. The Bertz CT molecular complexity index is 588. The highest BCUT2D eigenvalue weighted by Gasteiger charge is 2.03. The van der Waals surface area contributed by atoms with Crippen LogP contribution >= 0.6 is 22.7 Å². The summed E-state index contributed by atoms with van der Waals surface area (Å²) < 4.78 is 0. The summed E-state index contributed by atoms with van der Waals surface area (Å²) >= 11 is 3.43. The maximum atomic E-state index is 4.56. The van der Waals surface area contributed by atoms with Gasteiger partial charge in [-0.2, -0.15) is 0 Å². The minimum atomic E-state index is 0.703. The van der Waals surface area contributed by atoms with Crippen LogP contribution in [-0.4, -0.2) is 29.5 Å². The van der Waals surface area contributed by atoms with E-state index in [2.05, 4.69) is 44.8 Å². The molecule has 0 amide bonds. The summed E-state index contributed by atoms with van der Waals surface area (Å²) in [6.45, 7) is 5.72. The molecule has 0 aliphatic carbocycles. The molecule has 21 heavy (non-hydrogen) atoms. The van der Waals surface area contributed by atoms with Crippen molar-refractivity contribution in [3.05, 3.63) is 32.2 Å². The molecule has 2 rings (SSSR count). The van der Waals surface area contributed by atoms with Crippen molar-refractivity contribution in [1.29, 1.82) is 0 Å². The first-order chi connectivity index (χ1) is 10.2. The van der Waals surface area contributed by atoms with Crippen LogP contribution in [0.5, 0.6) is 0 Å². The van der Waals surface area contributed by atoms with Gasteiger partial charge in [-0.15, -0.1) is 22.7 Å². The molecule has 0 atom stereocenters. The summed E-state index contributed by atoms with van der Waals surface area (Å²) in [4.78, 5) is 14.3. The minimum Gasteiger partial charge on any atom is -0.356 e. The molecule has 0 aliphatic rings. The van der Waals surface area contributed by atoms with E-state index in [1.54, 1.807) is 29.7 Å². The second-order valence-corrected chi connectivity index (χ2v) is 6.82. The van der Waals surface area contributed by atoms with Crippen LogP contribution in [0.25, 0.3) is 0 Å². The van der Waals surface area contributed by atoms with Crippen LogP contribution in [0, 0.1) is 6.92 Å². The zero-order chi connectivity index (χ0) is 15.1. The lowest BCUT2D eigenvalue weighted by Gasteiger charge is -2.10. The van der Waals surface area contributed by atoms with Crippen LogP contribution in [-0.2, 0) is 19.4 Å². The molecule has 0 saturated heterocycles. The maximum Gasteiger partial charge on any atom is 0.191 e. The van der Waals surface area contributed by atoms with Gasteiger partial charge in [0.15, 0.2) is 5.96 Å². The van der Waals surface area contributed by atoms with Crippen molar-refractivity contribution in [1.82, 2.24) is 20.6 Å². The normalized spacial score (nSPS) is 11.7. The van der Waals surface area contributed by atoms with E-state index < -0.39 is 0 Å². The quantitative estimate of drug-likeness (QED) is 0.633. The van der Waals surface area contributed by atoms with Crippen LogP contribution in [0.1, 0.15) is 27.5 Å². The van der Waals surface area contributed by atoms with Crippen molar-refractivity contribution in [2.24, 2.45) is 4.99 Å². The number of nitrogens with one attached hydrogen (secondary N) is 2. The molecule has 2 aromatic heterocycles. The summed E-state index contributed by atoms with van der Waals surface area (Å²) in [7, 11) is 1.78. The highest BCUT2D eigenvalue weighted by atomic mass is 32.1. The van der Waals surface area contributed by atoms with Gasteiger partial charge in [0.25, 0.3) is 0 Å². The van der Waals surface area contributed by atoms with Crippen LogP contribution < -0.4 is 10.6 Å². The van der Waals surface area contributed by atoms with Gasteiger partial charge in [-0.1, -0.05) is 6.92 Å². The Morgan fingerprint density at radius 2 is 2.19 bits per heavy atom. The lowest BCUT2D eigenvalue weighted by molar-refractivity contribution is 0.782. The van der Waals surface area contributed by atoms with Crippen molar-refractivity contribution < 1.29 is 0 Å². The van der Waals surface area contributed by atoms with Gasteiger partial charge in [0.2, 0.25) is 0 Å². The molecule has 0 unspecified atom stereocenters. The molecule has 5 nitrogen and oxygen atoms in total. The van der Waals surface area contributed by atoms with Crippen molar-refractivity contribution in [3.63, 3.8) is 0 Å². The average molecular weight is 323 g/mol. The zero-order valence-electron chi connectivity index (χ0n) is 12.6. The third kappa shape index (κ3) is 5.09. The Morgan fingerprint density at radius 3 is 2.81 bits per heavy atom. The third-order valence-electron chi connectivity index (χ3n) is 2.88. The molecule has 0 saturated carbocycles. The third-order valence-corrected chi connectivity index (χ3v) is 4.83. The fraction of sp³-hybridized carbons (Fsp3) is 0.500. The Labute approximate surface area is 133 Å². The molecule has 0 aliphatic heterocycles. The van der Waals surface area contributed by atoms with Gasteiger partial charge in [-0.25, -0.2) is 9.97 Å². The topological polar surface area (TPSA) is 62.2 Å². The standard InChI is InChI=1S/C14H21N5S2/c1-4-12-19-11(9-20-12)5-6-16-14(15-3)18-8-13-17-7-10(2)21-13/h7,9H,4-6,8H2,1-3H3,(H2,15,16,18). The molecule has 0 radical (unpaired) electrons. The number of hydrogen-bond donors (Lipinski definition) is 2. The van der Waals surface area contributed by atoms with E-state index in [4.69, 9.17) is 0 Å². The van der Waals surface area contributed by atoms with Crippen LogP contribution in [0.2, 0.25) is 0 Å². The number of aryl methyl sites for hydroxylation is 2. The molecule has 2 heterocycles. The monoisotopic (exact) mass is 323 g/mol. The van der Waals surface area contributed by atoms with Gasteiger partial charge < -0.3 is 10.6 Å². The molecule has 0 fully saturated rings. The Kier molecular flexibility index (Phi) is 6.13. The van der Waals surface area contributed by atoms with Crippen molar-refractivity contribution in [2.45, 2.75) is 33.2 Å². The van der Waals surface area contributed by atoms with E-state index in [0.29, 0.717) is 6.54 Å². The number of thiazole rings is 2. The number of rotatable bonds is 6. The summed E-state index contributed by atoms with van der Waals surface area (Å²) in [6.07, 6.45) is 3.81. The first kappa shape index (κ1) is 15.9. The summed E-state index contributed by atoms with van der Waals surface area (Å²) in [5.74, 6) is 0.800. The van der Waals surface area contributed by atoms with Gasteiger partial charge >= 0.3 is 0 Å². The zero-order valence-corrected chi connectivity index (χ0v) is 14.3. The fourth-order valence-electron chi connectivity index (χ4n) is 1.80. The Morgan fingerprint density at radius 1 is 1.33 bits per heavy atom. The van der Waals surface area contributed by atoms with Gasteiger partial charge in [-0.3, -0.25) is 4.99 Å². The Balaban J connectivity index is 1.72. The van der Waals surface area contributed by atoms with E-state index in [0.717, 1.165) is 36.0 Å². The largest absolute Gasteiger partial charge is 0.356 e. The van der Waals surface area contributed by atoms with Gasteiger partial charge in [0.1, 0.15) is 5.01 Å². The summed E-state index contributed by atoms with van der Waals surface area (Å²) in [5, 5.41) is 11.0. The predicted molar refractivity (Wildman–Crippen MR) is 90.2 cm³/mol. The lowest BCUT2D eigenvalue weighted by Crippen LogP contribution is -2.37. The molecule has 7 heteroatoms. The molecule has 0 spiro atoms. The highest BCUT2D eigenvalue weighted by molar-refractivity contribution is 7.11. The van der Waals surface area contributed by atoms with Gasteiger partial charge in [0.05, 0.1) is 17.2 Å². The molecule has 0 bridgehead atoms. The van der Waals surface area contributed by atoms with E-state index in [9.17, 15) is 0 Å². The van der Waals surface area contributed by atoms with Crippen LogP contribution in [0.4, 0.5) is 0 Å². The van der Waals surface area contributed by atoms with Gasteiger partial charge in [-0.05, 0) is 13.3 Å². The van der Waals surface area contributed by atoms with Crippen molar-refractivity contribution in [2.75, 3.05) is 13.6 Å². The van der Waals surface area contributed by atoms with E-state index in [1.165, 1.54) is 9.88 Å². The van der Waals surface area contributed by atoms with Crippen molar-refractivity contribution in [3.8, 4) is 0 Å². The molecule has 114 valence electrons. The molecular formula is C14H21N5S2. The lowest BCUT2D eigenvalue weighted by atomic mass is 10.3. The Hall–Kier alpha value is -1.47. The van der Waals surface area contributed by atoms with Crippen LogP contribution in [0.15, 0.2) is 16.6 Å². The van der Waals surface area contributed by atoms with Gasteiger partial charge in [0, 0.05) is 36.5 Å². The molecular weight excluding hydrogens is 302 g/mol. The fourth-order valence-corrected chi connectivity index (χ4v) is 3.30. The molecule has 2 N–H and O–H groups in total. The highest BCUT2D eigenvalue weighted by Crippen LogP contribution is 2.11. The number of aliphatic imine (C=N–C) groups is 1. The average Bonchev–Trinajstić information content (AvgIpc) is 3.11. The number of nitrogens with zero attached hydrogens (tertiary/aromatic N) is 3. The number of guanidine groups is 1. The van der Waals surface area contributed by atoms with Crippen molar-refractivity contribution >= 4 is 28.6 Å². The SMILES string of the molecule is CCc1nc(CCNC(=NC)NCc2ncc(C)s2)cs1. The first-order valence-electron chi connectivity index (χ1n) is 7.00. The predicted octanol–water partition coefficient (Wildman–Crippen LogP) is 2.38. The number of aromatic nitrogens is 2. The summed E-state index contributed by atoms with van der Waals surface area (Å²) in [5.41, 5.74) is 1.15. The first-order valence-corrected chi connectivity index (χ1v) is 8.70. The second-order valence-electron chi connectivity index (χ2n) is 4.55. The second kappa shape index (κ2) is 8.09. The van der Waals surface area contributed by atoms with E-state index in [1.807, 2.05) is 6.20 Å². The minimum absolute atomic E-state index is 0.703. The molecule has 0 aromatic carbocycles.